The van der Waals surface area contributed by atoms with Crippen LogP contribution in [0, 0.1) is 13.8 Å². The van der Waals surface area contributed by atoms with Gasteiger partial charge in [0.1, 0.15) is 12.3 Å². The summed E-state index contributed by atoms with van der Waals surface area (Å²) in [6, 6.07) is 19.1. The van der Waals surface area contributed by atoms with Gasteiger partial charge in [0.25, 0.3) is 0 Å². The first kappa shape index (κ1) is 25.1. The molecule has 0 spiro atoms. The molecule has 0 bridgehead atoms. The van der Waals surface area contributed by atoms with Gasteiger partial charge in [-0.1, -0.05) is 42.5 Å². The SMILES string of the molecule is COCCN(CC(=O)N(CCc1ccccc1)Cc1ccco1)C(=O)Nc1cccc(C)c1C. The van der Waals surface area contributed by atoms with Crippen LogP contribution in [0.4, 0.5) is 10.5 Å². The topological polar surface area (TPSA) is 75.0 Å². The first-order valence-electron chi connectivity index (χ1n) is 11.4. The number of aryl methyl sites for hydroxylation is 1. The number of ether oxygens (including phenoxy) is 1. The summed E-state index contributed by atoms with van der Waals surface area (Å²) in [6.07, 6.45) is 2.30. The van der Waals surface area contributed by atoms with Crippen molar-refractivity contribution in [3.63, 3.8) is 0 Å². The second-order valence-electron chi connectivity index (χ2n) is 8.22. The maximum Gasteiger partial charge on any atom is 0.322 e. The number of nitrogens with one attached hydrogen (secondary N) is 1. The molecule has 3 amide bonds. The molecule has 0 fully saturated rings. The average Bonchev–Trinajstić information content (AvgIpc) is 3.36. The summed E-state index contributed by atoms with van der Waals surface area (Å²) in [5.41, 5.74) is 3.96. The summed E-state index contributed by atoms with van der Waals surface area (Å²) < 4.78 is 10.7. The highest BCUT2D eigenvalue weighted by Gasteiger charge is 2.22. The van der Waals surface area contributed by atoms with Gasteiger partial charge < -0.3 is 24.3 Å². The Morgan fingerprint density at radius 3 is 2.44 bits per heavy atom. The summed E-state index contributed by atoms with van der Waals surface area (Å²) in [5.74, 6) is 0.546. The third-order valence-electron chi connectivity index (χ3n) is 5.82. The van der Waals surface area contributed by atoms with Gasteiger partial charge in [0, 0.05) is 25.9 Å². The lowest BCUT2D eigenvalue weighted by Gasteiger charge is -2.27. The van der Waals surface area contributed by atoms with Crippen LogP contribution in [0.25, 0.3) is 0 Å². The van der Waals surface area contributed by atoms with Gasteiger partial charge in [0.15, 0.2) is 0 Å². The Labute approximate surface area is 201 Å². The Balaban J connectivity index is 1.72. The van der Waals surface area contributed by atoms with E-state index >= 15 is 0 Å². The quantitative estimate of drug-likeness (QED) is 0.449. The number of anilines is 1. The van der Waals surface area contributed by atoms with Gasteiger partial charge in [-0.2, -0.15) is 0 Å². The van der Waals surface area contributed by atoms with Crippen molar-refractivity contribution in [2.75, 3.05) is 38.7 Å². The smallest absolute Gasteiger partial charge is 0.322 e. The molecule has 3 rings (SSSR count). The minimum Gasteiger partial charge on any atom is -0.467 e. The predicted molar refractivity (Wildman–Crippen MR) is 133 cm³/mol. The van der Waals surface area contributed by atoms with E-state index in [4.69, 9.17) is 9.15 Å². The highest BCUT2D eigenvalue weighted by atomic mass is 16.5. The third kappa shape index (κ3) is 7.22. The van der Waals surface area contributed by atoms with E-state index in [1.807, 2.05) is 68.4 Å². The molecule has 0 unspecified atom stereocenters. The molecule has 0 saturated heterocycles. The Morgan fingerprint density at radius 1 is 0.941 bits per heavy atom. The van der Waals surface area contributed by atoms with Gasteiger partial charge in [-0.25, -0.2) is 4.79 Å². The number of carbonyl (C=O) groups excluding carboxylic acids is 2. The fourth-order valence-electron chi connectivity index (χ4n) is 3.59. The number of hydrogen-bond acceptors (Lipinski definition) is 4. The van der Waals surface area contributed by atoms with Crippen LogP contribution in [0.15, 0.2) is 71.3 Å². The maximum absolute atomic E-state index is 13.4. The maximum atomic E-state index is 13.4. The van der Waals surface area contributed by atoms with Crippen molar-refractivity contribution in [1.29, 1.82) is 0 Å². The van der Waals surface area contributed by atoms with Gasteiger partial charge in [0.05, 0.1) is 19.4 Å². The molecule has 0 aliphatic rings. The molecule has 7 heteroatoms. The van der Waals surface area contributed by atoms with Crippen molar-refractivity contribution in [2.24, 2.45) is 0 Å². The average molecular weight is 464 g/mol. The molecule has 7 nitrogen and oxygen atoms in total. The molecule has 0 saturated carbocycles. The second-order valence-corrected chi connectivity index (χ2v) is 8.22. The number of hydrogen-bond donors (Lipinski definition) is 1. The fraction of sp³-hybridized carbons (Fsp3) is 0.333. The minimum atomic E-state index is -0.333. The van der Waals surface area contributed by atoms with Crippen molar-refractivity contribution in [3.8, 4) is 0 Å². The molecule has 1 aromatic heterocycles. The summed E-state index contributed by atoms with van der Waals surface area (Å²) in [5, 5.41) is 2.95. The Hall–Kier alpha value is -3.58. The molecule has 34 heavy (non-hydrogen) atoms. The highest BCUT2D eigenvalue weighted by Crippen LogP contribution is 2.18. The van der Waals surface area contributed by atoms with Crippen molar-refractivity contribution in [2.45, 2.75) is 26.8 Å². The van der Waals surface area contributed by atoms with Crippen LogP contribution < -0.4 is 5.32 Å². The number of urea groups is 1. The van der Waals surface area contributed by atoms with Crippen LogP contribution >= 0.6 is 0 Å². The summed E-state index contributed by atoms with van der Waals surface area (Å²) in [6.45, 7) is 5.38. The number of carbonyl (C=O) groups is 2. The number of rotatable bonds is 11. The van der Waals surface area contributed by atoms with Gasteiger partial charge in [0.2, 0.25) is 5.91 Å². The van der Waals surface area contributed by atoms with Crippen LogP contribution in [-0.4, -0.2) is 55.1 Å². The van der Waals surface area contributed by atoms with E-state index in [9.17, 15) is 9.59 Å². The molecular weight excluding hydrogens is 430 g/mol. The standard InChI is InChI=1S/C27H33N3O4/c1-21-9-7-13-25(22(21)2)28-27(32)30(16-18-33-3)20-26(31)29(19-24-12-8-17-34-24)15-14-23-10-5-4-6-11-23/h4-13,17H,14-16,18-20H2,1-3H3,(H,28,32). The number of furan rings is 1. The Morgan fingerprint density at radius 2 is 1.74 bits per heavy atom. The van der Waals surface area contributed by atoms with Crippen molar-refractivity contribution in [3.05, 3.63) is 89.4 Å². The lowest BCUT2D eigenvalue weighted by Crippen LogP contribution is -2.46. The monoisotopic (exact) mass is 463 g/mol. The first-order valence-corrected chi connectivity index (χ1v) is 11.4. The molecule has 0 radical (unpaired) electrons. The number of nitrogens with zero attached hydrogens (tertiary/aromatic N) is 2. The number of amides is 3. The van der Waals surface area contributed by atoms with Gasteiger partial charge in [-0.3, -0.25) is 4.79 Å². The number of methoxy groups -OCH3 is 1. The summed E-state index contributed by atoms with van der Waals surface area (Å²) >= 11 is 0. The third-order valence-corrected chi connectivity index (χ3v) is 5.82. The zero-order chi connectivity index (χ0) is 24.3. The second kappa shape index (κ2) is 12.6. The van der Waals surface area contributed by atoms with E-state index in [0.717, 1.165) is 22.4 Å². The zero-order valence-corrected chi connectivity index (χ0v) is 20.1. The number of benzene rings is 2. The largest absolute Gasteiger partial charge is 0.467 e. The van der Waals surface area contributed by atoms with Crippen LogP contribution in [0.2, 0.25) is 0 Å². The highest BCUT2D eigenvalue weighted by molar-refractivity contribution is 5.93. The summed E-state index contributed by atoms with van der Waals surface area (Å²) in [4.78, 5) is 29.7. The van der Waals surface area contributed by atoms with E-state index in [2.05, 4.69) is 5.32 Å². The van der Waals surface area contributed by atoms with E-state index in [1.165, 1.54) is 4.90 Å². The van der Waals surface area contributed by atoms with E-state index in [1.54, 1.807) is 24.3 Å². The summed E-state index contributed by atoms with van der Waals surface area (Å²) in [7, 11) is 1.58. The van der Waals surface area contributed by atoms with E-state index in [-0.39, 0.29) is 18.5 Å². The lowest BCUT2D eigenvalue weighted by atomic mass is 10.1. The molecule has 2 aromatic carbocycles. The van der Waals surface area contributed by atoms with Crippen LogP contribution in [0.1, 0.15) is 22.5 Å². The zero-order valence-electron chi connectivity index (χ0n) is 20.1. The molecule has 3 aromatic rings. The fourth-order valence-corrected chi connectivity index (χ4v) is 3.59. The Bertz CT molecular complexity index is 1050. The van der Waals surface area contributed by atoms with Crippen LogP contribution in [-0.2, 0) is 22.5 Å². The minimum absolute atomic E-state index is 0.0600. The lowest BCUT2D eigenvalue weighted by molar-refractivity contribution is -0.132. The molecule has 1 N–H and O–H groups in total. The molecular formula is C27H33N3O4. The molecule has 0 aliphatic heterocycles. The van der Waals surface area contributed by atoms with Crippen LogP contribution in [0.3, 0.4) is 0 Å². The molecule has 180 valence electrons. The van der Waals surface area contributed by atoms with Crippen molar-refractivity contribution in [1.82, 2.24) is 9.80 Å². The first-order chi connectivity index (χ1) is 16.5. The molecule has 0 aliphatic carbocycles. The van der Waals surface area contributed by atoms with Gasteiger partial charge in [-0.15, -0.1) is 0 Å². The predicted octanol–water partition coefficient (Wildman–Crippen LogP) is 4.65. The van der Waals surface area contributed by atoms with E-state index in [0.29, 0.717) is 38.4 Å². The normalized spacial score (nSPS) is 10.7. The van der Waals surface area contributed by atoms with Gasteiger partial charge >= 0.3 is 6.03 Å². The van der Waals surface area contributed by atoms with Crippen molar-refractivity contribution >= 4 is 17.6 Å². The Kier molecular flexibility index (Phi) is 9.29. The van der Waals surface area contributed by atoms with Crippen LogP contribution in [0.5, 0.6) is 0 Å². The molecule has 1 heterocycles. The van der Waals surface area contributed by atoms with E-state index < -0.39 is 0 Å². The van der Waals surface area contributed by atoms with Crippen molar-refractivity contribution < 1.29 is 18.7 Å². The van der Waals surface area contributed by atoms with Gasteiger partial charge in [-0.05, 0) is 55.2 Å². The molecule has 0 atom stereocenters.